The van der Waals surface area contributed by atoms with Crippen LogP contribution in [0.3, 0.4) is 0 Å². The van der Waals surface area contributed by atoms with Gasteiger partial charge in [-0.3, -0.25) is 9.59 Å². The molecule has 0 unspecified atom stereocenters. The number of methoxy groups -OCH3 is 1. The zero-order valence-corrected chi connectivity index (χ0v) is 16.3. The van der Waals surface area contributed by atoms with Crippen molar-refractivity contribution in [2.45, 2.75) is 13.3 Å². The van der Waals surface area contributed by atoms with Crippen molar-refractivity contribution in [3.05, 3.63) is 52.5 Å². The van der Waals surface area contributed by atoms with Gasteiger partial charge in [-0.15, -0.1) is 0 Å². The van der Waals surface area contributed by atoms with Gasteiger partial charge in [0.25, 0.3) is 5.91 Å². The molecule has 0 atom stereocenters. The first-order valence-electron chi connectivity index (χ1n) is 8.07. The summed E-state index contributed by atoms with van der Waals surface area (Å²) in [5, 5.41) is 5.49. The van der Waals surface area contributed by atoms with E-state index in [1.807, 2.05) is 25.1 Å². The highest BCUT2D eigenvalue weighted by Gasteiger charge is 2.07. The molecule has 6 nitrogen and oxygen atoms in total. The highest BCUT2D eigenvalue weighted by Crippen LogP contribution is 2.20. The number of hydrogen-bond acceptors (Lipinski definition) is 4. The van der Waals surface area contributed by atoms with Gasteiger partial charge in [0.15, 0.2) is 6.61 Å². The van der Waals surface area contributed by atoms with E-state index in [4.69, 9.17) is 9.47 Å². The molecule has 26 heavy (non-hydrogen) atoms. The number of anilines is 1. The van der Waals surface area contributed by atoms with Crippen LogP contribution in [0.1, 0.15) is 12.0 Å². The van der Waals surface area contributed by atoms with Gasteiger partial charge in [-0.05, 0) is 48.9 Å². The van der Waals surface area contributed by atoms with E-state index >= 15 is 0 Å². The Morgan fingerprint density at radius 2 is 1.73 bits per heavy atom. The summed E-state index contributed by atoms with van der Waals surface area (Å²) in [6.07, 6.45) is 0.181. The largest absolute Gasteiger partial charge is 0.497 e. The van der Waals surface area contributed by atoms with Gasteiger partial charge in [0.1, 0.15) is 11.5 Å². The number of carbonyl (C=O) groups is 2. The second-order valence-electron chi connectivity index (χ2n) is 5.57. The molecular weight excluding hydrogens is 400 g/mol. The molecule has 0 aromatic heterocycles. The highest BCUT2D eigenvalue weighted by atomic mass is 79.9. The van der Waals surface area contributed by atoms with Gasteiger partial charge in [-0.1, -0.05) is 22.0 Å². The van der Waals surface area contributed by atoms with Gasteiger partial charge in [0.2, 0.25) is 5.91 Å². The van der Waals surface area contributed by atoms with Gasteiger partial charge in [-0.25, -0.2) is 0 Å². The fourth-order valence-corrected chi connectivity index (χ4v) is 2.49. The van der Waals surface area contributed by atoms with Crippen molar-refractivity contribution in [2.24, 2.45) is 0 Å². The van der Waals surface area contributed by atoms with Crippen molar-refractivity contribution >= 4 is 33.4 Å². The van der Waals surface area contributed by atoms with Crippen LogP contribution in [0.4, 0.5) is 5.69 Å². The molecule has 138 valence electrons. The molecule has 2 aromatic carbocycles. The summed E-state index contributed by atoms with van der Waals surface area (Å²) in [7, 11) is 1.58. The predicted molar refractivity (Wildman–Crippen MR) is 104 cm³/mol. The van der Waals surface area contributed by atoms with Crippen LogP contribution in [0.15, 0.2) is 46.9 Å². The first-order valence-corrected chi connectivity index (χ1v) is 8.87. The third-order valence-electron chi connectivity index (χ3n) is 3.58. The Kier molecular flexibility index (Phi) is 7.47. The van der Waals surface area contributed by atoms with Crippen molar-refractivity contribution in [3.8, 4) is 11.5 Å². The Morgan fingerprint density at radius 3 is 2.42 bits per heavy atom. The van der Waals surface area contributed by atoms with E-state index in [9.17, 15) is 9.59 Å². The Hall–Kier alpha value is -2.54. The summed E-state index contributed by atoms with van der Waals surface area (Å²) in [5.41, 5.74) is 1.72. The maximum Gasteiger partial charge on any atom is 0.257 e. The summed E-state index contributed by atoms with van der Waals surface area (Å²) in [6.45, 7) is 2.04. The monoisotopic (exact) mass is 420 g/mol. The van der Waals surface area contributed by atoms with Crippen LogP contribution >= 0.6 is 15.9 Å². The fourth-order valence-electron chi connectivity index (χ4n) is 2.13. The lowest BCUT2D eigenvalue weighted by Crippen LogP contribution is -2.31. The smallest absolute Gasteiger partial charge is 0.257 e. The molecule has 0 radical (unpaired) electrons. The molecule has 2 aromatic rings. The van der Waals surface area contributed by atoms with E-state index in [2.05, 4.69) is 26.6 Å². The maximum atomic E-state index is 12.0. The van der Waals surface area contributed by atoms with Crippen molar-refractivity contribution in [3.63, 3.8) is 0 Å². The molecule has 2 rings (SSSR count). The van der Waals surface area contributed by atoms with Crippen LogP contribution in [0, 0.1) is 6.92 Å². The number of benzene rings is 2. The van der Waals surface area contributed by atoms with Gasteiger partial charge in [0, 0.05) is 23.1 Å². The van der Waals surface area contributed by atoms with Crippen LogP contribution < -0.4 is 20.1 Å². The van der Waals surface area contributed by atoms with Crippen LogP contribution in [-0.2, 0) is 9.59 Å². The summed E-state index contributed by atoms with van der Waals surface area (Å²) in [4.78, 5) is 23.8. The summed E-state index contributed by atoms with van der Waals surface area (Å²) >= 11 is 3.37. The zero-order valence-electron chi connectivity index (χ0n) is 14.7. The van der Waals surface area contributed by atoms with Crippen molar-refractivity contribution < 1.29 is 19.1 Å². The lowest BCUT2D eigenvalue weighted by Gasteiger charge is -2.10. The van der Waals surface area contributed by atoms with Crippen molar-refractivity contribution in [1.82, 2.24) is 5.32 Å². The summed E-state index contributed by atoms with van der Waals surface area (Å²) in [5.74, 6) is 0.840. The van der Waals surface area contributed by atoms with E-state index in [0.29, 0.717) is 11.5 Å². The second-order valence-corrected chi connectivity index (χ2v) is 6.49. The van der Waals surface area contributed by atoms with Gasteiger partial charge in [0.05, 0.1) is 7.11 Å². The minimum Gasteiger partial charge on any atom is -0.497 e. The molecule has 0 saturated carbocycles. The van der Waals surface area contributed by atoms with Crippen LogP contribution in [0.5, 0.6) is 11.5 Å². The number of halogens is 1. The quantitative estimate of drug-likeness (QED) is 0.686. The Morgan fingerprint density at radius 1 is 1.04 bits per heavy atom. The highest BCUT2D eigenvalue weighted by molar-refractivity contribution is 9.10. The first-order chi connectivity index (χ1) is 12.5. The number of hydrogen-bond donors (Lipinski definition) is 2. The molecule has 0 spiro atoms. The number of aryl methyl sites for hydroxylation is 1. The van der Waals surface area contributed by atoms with Crippen LogP contribution in [0.2, 0.25) is 0 Å². The Balaban J connectivity index is 1.68. The minimum atomic E-state index is -0.285. The normalized spacial score (nSPS) is 10.1. The van der Waals surface area contributed by atoms with Gasteiger partial charge < -0.3 is 20.1 Å². The van der Waals surface area contributed by atoms with Gasteiger partial charge >= 0.3 is 0 Å². The van der Waals surface area contributed by atoms with E-state index in [-0.39, 0.29) is 31.4 Å². The molecule has 0 aliphatic heterocycles. The molecule has 0 aliphatic carbocycles. The third-order valence-corrected chi connectivity index (χ3v) is 4.07. The van der Waals surface area contributed by atoms with Crippen molar-refractivity contribution in [1.29, 1.82) is 0 Å². The molecule has 0 aliphatic rings. The second kappa shape index (κ2) is 9.82. The molecule has 0 fully saturated rings. The minimum absolute atomic E-state index is 0.112. The molecule has 7 heteroatoms. The first kappa shape index (κ1) is 19.8. The average molecular weight is 421 g/mol. The fraction of sp³-hybridized carbons (Fsp3) is 0.263. The molecule has 2 N–H and O–H groups in total. The molecular formula is C19H21BrN2O4. The Bertz CT molecular complexity index is 763. The standard InChI is InChI=1S/C19H21BrN2O4/c1-13-3-4-14(20)11-17(13)22-18(23)9-10-21-19(24)12-26-16-7-5-15(25-2)6-8-16/h3-8,11H,9-10,12H2,1-2H3,(H,21,24)(H,22,23). The SMILES string of the molecule is COc1ccc(OCC(=O)NCCC(=O)Nc2cc(Br)ccc2C)cc1. The lowest BCUT2D eigenvalue weighted by molar-refractivity contribution is -0.123. The molecule has 0 bridgehead atoms. The van der Waals surface area contributed by atoms with E-state index < -0.39 is 0 Å². The Labute approximate surface area is 161 Å². The predicted octanol–water partition coefficient (Wildman–Crippen LogP) is 3.29. The molecule has 0 saturated heterocycles. The molecule has 2 amide bonds. The van der Waals surface area contributed by atoms with Crippen LogP contribution in [-0.4, -0.2) is 32.1 Å². The molecule has 0 heterocycles. The number of carbonyl (C=O) groups excluding carboxylic acids is 2. The topological polar surface area (TPSA) is 76.7 Å². The van der Waals surface area contributed by atoms with E-state index in [1.165, 1.54) is 0 Å². The third kappa shape index (κ3) is 6.40. The van der Waals surface area contributed by atoms with E-state index in [0.717, 1.165) is 15.7 Å². The van der Waals surface area contributed by atoms with E-state index in [1.54, 1.807) is 31.4 Å². The number of nitrogens with one attached hydrogen (secondary N) is 2. The average Bonchev–Trinajstić information content (AvgIpc) is 2.63. The summed E-state index contributed by atoms with van der Waals surface area (Å²) in [6, 6.07) is 12.6. The number of rotatable bonds is 8. The van der Waals surface area contributed by atoms with Crippen LogP contribution in [0.25, 0.3) is 0 Å². The summed E-state index contributed by atoms with van der Waals surface area (Å²) < 4.78 is 11.3. The number of ether oxygens (including phenoxy) is 2. The van der Waals surface area contributed by atoms with Gasteiger partial charge in [-0.2, -0.15) is 0 Å². The zero-order chi connectivity index (χ0) is 18.9. The lowest BCUT2D eigenvalue weighted by atomic mass is 10.2. The maximum absolute atomic E-state index is 12.0. The van der Waals surface area contributed by atoms with Crippen molar-refractivity contribution in [2.75, 3.05) is 25.6 Å². The number of amides is 2.